The van der Waals surface area contributed by atoms with Gasteiger partial charge in [0.15, 0.2) is 0 Å². The Morgan fingerprint density at radius 1 is 1.14 bits per heavy atom. The maximum Gasteiger partial charge on any atom is 0.253 e. The number of hydrogen-bond donors (Lipinski definition) is 3. The zero-order chi connectivity index (χ0) is 14.7. The fraction of sp³-hybridized carbons (Fsp3) is 0.312. The summed E-state index contributed by atoms with van der Waals surface area (Å²) in [5, 5.41) is 6.34. The molecule has 1 aliphatic heterocycles. The van der Waals surface area contributed by atoms with E-state index >= 15 is 0 Å². The topological polar surface area (TPSA) is 56.9 Å². The van der Waals surface area contributed by atoms with E-state index < -0.39 is 0 Å². The average Bonchev–Trinajstić information content (AvgIpc) is 2.98. The molecule has 0 aliphatic carbocycles. The molecule has 0 unspecified atom stereocenters. The summed E-state index contributed by atoms with van der Waals surface area (Å²) in [6.07, 6.45) is 5.35. The number of hydrogen-bond acceptors (Lipinski definition) is 2. The lowest BCUT2D eigenvalue weighted by Gasteiger charge is -2.23. The summed E-state index contributed by atoms with van der Waals surface area (Å²) in [5.41, 5.74) is 2.22. The van der Waals surface area contributed by atoms with Gasteiger partial charge in [0.2, 0.25) is 0 Å². The molecular weight excluding hydrogens is 269 g/mol. The molecule has 3 rings (SSSR count). The Morgan fingerprint density at radius 2 is 1.86 bits per heavy atom. The van der Waals surface area contributed by atoms with Crippen molar-refractivity contribution in [2.45, 2.75) is 18.9 Å². The number of carbonyl (C=O) groups is 1. The van der Waals surface area contributed by atoms with Crippen LogP contribution in [0.1, 0.15) is 23.2 Å². The molecule has 110 valence electrons. The predicted octanol–water partition coefficient (Wildman–Crippen LogP) is 2.30. The van der Waals surface area contributed by atoms with Gasteiger partial charge in [-0.1, -0.05) is 12.1 Å². The van der Waals surface area contributed by atoms with Crippen LogP contribution in [0.5, 0.6) is 0 Å². The van der Waals surface area contributed by atoms with Crippen LogP contribution in [0.4, 0.5) is 4.39 Å². The monoisotopic (exact) mass is 287 g/mol. The number of amides is 1. The highest BCUT2D eigenvalue weighted by Gasteiger charge is 2.19. The van der Waals surface area contributed by atoms with Gasteiger partial charge in [-0.2, -0.15) is 0 Å². The maximum atomic E-state index is 13.0. The molecule has 0 spiro atoms. The van der Waals surface area contributed by atoms with Gasteiger partial charge in [0.1, 0.15) is 5.82 Å². The predicted molar refractivity (Wildman–Crippen MR) is 79.5 cm³/mol. The lowest BCUT2D eigenvalue weighted by atomic mass is 10.0. The van der Waals surface area contributed by atoms with Crippen molar-refractivity contribution in [3.8, 4) is 11.1 Å². The lowest BCUT2D eigenvalue weighted by molar-refractivity contribution is 0.0930. The molecule has 0 saturated carbocycles. The van der Waals surface area contributed by atoms with Crippen LogP contribution in [0, 0.1) is 5.82 Å². The first-order valence-corrected chi connectivity index (χ1v) is 7.18. The van der Waals surface area contributed by atoms with E-state index in [4.69, 9.17) is 0 Å². The molecule has 0 bridgehead atoms. The Labute approximate surface area is 122 Å². The van der Waals surface area contributed by atoms with E-state index in [1.54, 1.807) is 24.5 Å². The van der Waals surface area contributed by atoms with Crippen LogP contribution in [0.15, 0.2) is 36.7 Å². The molecule has 1 aliphatic rings. The Morgan fingerprint density at radius 3 is 2.57 bits per heavy atom. The van der Waals surface area contributed by atoms with Gasteiger partial charge in [0, 0.05) is 24.0 Å². The van der Waals surface area contributed by atoms with Crippen LogP contribution in [-0.4, -0.2) is 30.0 Å². The van der Waals surface area contributed by atoms with Gasteiger partial charge in [0.05, 0.1) is 5.56 Å². The lowest BCUT2D eigenvalue weighted by Crippen LogP contribution is -2.42. The third-order valence-electron chi connectivity index (χ3n) is 3.82. The summed E-state index contributed by atoms with van der Waals surface area (Å²) >= 11 is 0. The van der Waals surface area contributed by atoms with Crippen LogP contribution in [0.3, 0.4) is 0 Å². The van der Waals surface area contributed by atoms with E-state index in [-0.39, 0.29) is 17.8 Å². The van der Waals surface area contributed by atoms with Crippen LogP contribution < -0.4 is 10.6 Å². The zero-order valence-corrected chi connectivity index (χ0v) is 11.7. The standard InChI is InChI=1S/C16H18FN3O/c17-12-3-1-11(2-4-12)14-9-19-10-15(14)16(21)20-13-5-7-18-8-6-13/h1-4,9-10,13,18-19H,5-8H2,(H,20,21). The number of rotatable bonds is 3. The molecule has 5 heteroatoms. The van der Waals surface area contributed by atoms with Crippen LogP contribution in [0.25, 0.3) is 11.1 Å². The Bertz CT molecular complexity index is 615. The van der Waals surface area contributed by atoms with Gasteiger partial charge < -0.3 is 15.6 Å². The molecule has 1 fully saturated rings. The quantitative estimate of drug-likeness (QED) is 0.811. The van der Waals surface area contributed by atoms with Gasteiger partial charge in [-0.25, -0.2) is 4.39 Å². The molecule has 1 amide bonds. The summed E-state index contributed by atoms with van der Waals surface area (Å²) in [7, 11) is 0. The molecule has 1 aromatic carbocycles. The summed E-state index contributed by atoms with van der Waals surface area (Å²) in [6, 6.07) is 6.38. The van der Waals surface area contributed by atoms with Crippen molar-refractivity contribution < 1.29 is 9.18 Å². The number of nitrogens with one attached hydrogen (secondary N) is 3. The minimum atomic E-state index is -0.282. The summed E-state index contributed by atoms with van der Waals surface area (Å²) in [4.78, 5) is 15.4. The van der Waals surface area contributed by atoms with E-state index in [1.165, 1.54) is 12.1 Å². The van der Waals surface area contributed by atoms with Crippen LogP contribution in [0.2, 0.25) is 0 Å². The molecule has 0 atom stereocenters. The highest BCUT2D eigenvalue weighted by molar-refractivity contribution is 6.00. The number of H-pyrrole nitrogens is 1. The Hall–Kier alpha value is -2.14. The molecule has 4 nitrogen and oxygen atoms in total. The van der Waals surface area contributed by atoms with E-state index in [0.29, 0.717) is 5.56 Å². The number of benzene rings is 1. The minimum absolute atomic E-state index is 0.0810. The highest BCUT2D eigenvalue weighted by atomic mass is 19.1. The largest absolute Gasteiger partial charge is 0.366 e. The smallest absolute Gasteiger partial charge is 0.253 e. The maximum absolute atomic E-state index is 13.0. The average molecular weight is 287 g/mol. The summed E-state index contributed by atoms with van der Waals surface area (Å²) in [5.74, 6) is -0.363. The molecule has 1 saturated heterocycles. The van der Waals surface area contributed by atoms with E-state index in [2.05, 4.69) is 15.6 Å². The van der Waals surface area contributed by atoms with Crippen molar-refractivity contribution in [1.82, 2.24) is 15.6 Å². The fourth-order valence-electron chi connectivity index (χ4n) is 2.65. The first kappa shape index (κ1) is 13.8. The molecular formula is C16H18FN3O. The number of piperidine rings is 1. The second-order valence-electron chi connectivity index (χ2n) is 5.29. The number of aromatic nitrogens is 1. The van der Waals surface area contributed by atoms with Crippen molar-refractivity contribution >= 4 is 5.91 Å². The highest BCUT2D eigenvalue weighted by Crippen LogP contribution is 2.24. The molecule has 2 heterocycles. The Kier molecular flexibility index (Phi) is 4.01. The second-order valence-corrected chi connectivity index (χ2v) is 5.29. The SMILES string of the molecule is O=C(NC1CCNCC1)c1c[nH]cc1-c1ccc(F)cc1. The Balaban J connectivity index is 1.78. The van der Waals surface area contributed by atoms with Crippen molar-refractivity contribution in [1.29, 1.82) is 0 Å². The van der Waals surface area contributed by atoms with Gasteiger partial charge in [0.25, 0.3) is 5.91 Å². The zero-order valence-electron chi connectivity index (χ0n) is 11.7. The van der Waals surface area contributed by atoms with Gasteiger partial charge in [-0.3, -0.25) is 4.79 Å². The molecule has 21 heavy (non-hydrogen) atoms. The first-order chi connectivity index (χ1) is 10.2. The van der Waals surface area contributed by atoms with E-state index in [0.717, 1.165) is 37.1 Å². The van der Waals surface area contributed by atoms with Crippen molar-refractivity contribution in [3.63, 3.8) is 0 Å². The first-order valence-electron chi connectivity index (χ1n) is 7.18. The van der Waals surface area contributed by atoms with Crippen LogP contribution >= 0.6 is 0 Å². The van der Waals surface area contributed by atoms with Gasteiger partial charge in [-0.05, 0) is 43.6 Å². The minimum Gasteiger partial charge on any atom is -0.366 e. The fourth-order valence-corrected chi connectivity index (χ4v) is 2.65. The van der Waals surface area contributed by atoms with Crippen molar-refractivity contribution in [3.05, 3.63) is 48.0 Å². The molecule has 2 aromatic rings. The van der Waals surface area contributed by atoms with E-state index in [9.17, 15) is 9.18 Å². The molecule has 3 N–H and O–H groups in total. The van der Waals surface area contributed by atoms with Crippen molar-refractivity contribution in [2.75, 3.05) is 13.1 Å². The van der Waals surface area contributed by atoms with Crippen LogP contribution in [-0.2, 0) is 0 Å². The summed E-state index contributed by atoms with van der Waals surface area (Å²) in [6.45, 7) is 1.87. The molecule has 0 radical (unpaired) electrons. The van der Waals surface area contributed by atoms with Gasteiger partial charge in [-0.15, -0.1) is 0 Å². The number of halogens is 1. The molecule has 1 aromatic heterocycles. The van der Waals surface area contributed by atoms with E-state index in [1.807, 2.05) is 0 Å². The normalized spacial score (nSPS) is 15.9. The second kappa shape index (κ2) is 6.10. The third-order valence-corrected chi connectivity index (χ3v) is 3.82. The third kappa shape index (κ3) is 3.13. The van der Waals surface area contributed by atoms with Crippen molar-refractivity contribution in [2.24, 2.45) is 0 Å². The number of aromatic amines is 1. The number of carbonyl (C=O) groups excluding carboxylic acids is 1. The summed E-state index contributed by atoms with van der Waals surface area (Å²) < 4.78 is 13.0. The van der Waals surface area contributed by atoms with Gasteiger partial charge >= 0.3 is 0 Å².